The molecule has 9 nitrogen and oxygen atoms in total. The number of pyridine rings is 1. The van der Waals surface area contributed by atoms with Gasteiger partial charge in [-0.2, -0.15) is 10.2 Å². The Hall–Kier alpha value is -2.99. The molecule has 188 valence electrons. The van der Waals surface area contributed by atoms with Crippen molar-refractivity contribution in [3.63, 3.8) is 0 Å². The van der Waals surface area contributed by atoms with Crippen molar-refractivity contribution in [2.24, 2.45) is 18.1 Å². The maximum atomic E-state index is 12.4. The summed E-state index contributed by atoms with van der Waals surface area (Å²) in [7, 11) is 1.78. The van der Waals surface area contributed by atoms with Crippen molar-refractivity contribution in [3.05, 3.63) is 79.0 Å². The van der Waals surface area contributed by atoms with Gasteiger partial charge in [0.2, 0.25) is 0 Å². The molecule has 36 heavy (non-hydrogen) atoms. The smallest absolute Gasteiger partial charge is 0.292 e. The number of aryl methyl sites for hydroxylation is 1. The lowest BCUT2D eigenvalue weighted by molar-refractivity contribution is 0.0948. The summed E-state index contributed by atoms with van der Waals surface area (Å²) in [4.78, 5) is 27.2. The lowest BCUT2D eigenvalue weighted by Gasteiger charge is -2.43. The second-order valence-electron chi connectivity index (χ2n) is 9.39. The first-order valence-corrected chi connectivity index (χ1v) is 13.2. The summed E-state index contributed by atoms with van der Waals surface area (Å²) in [6.07, 6.45) is 4.55. The maximum Gasteiger partial charge on any atom is 0.292 e. The summed E-state index contributed by atoms with van der Waals surface area (Å²) in [5.74, 6) is 1.33. The molecule has 1 saturated heterocycles. The van der Waals surface area contributed by atoms with E-state index in [9.17, 15) is 9.59 Å². The zero-order valence-electron chi connectivity index (χ0n) is 20.4. The second kappa shape index (κ2) is 10.6. The molecule has 10 heteroatoms. The first-order chi connectivity index (χ1) is 17.4. The lowest BCUT2D eigenvalue weighted by Crippen LogP contribution is -2.46. The summed E-state index contributed by atoms with van der Waals surface area (Å²) >= 11 is 2.08. The zero-order chi connectivity index (χ0) is 25.2. The molecule has 1 N–H and O–H groups in total. The average Bonchev–Trinajstić information content (AvgIpc) is 3.19. The van der Waals surface area contributed by atoms with Gasteiger partial charge in [-0.25, -0.2) is 5.43 Å². The van der Waals surface area contributed by atoms with Gasteiger partial charge in [-0.1, -0.05) is 6.07 Å². The summed E-state index contributed by atoms with van der Waals surface area (Å²) in [6, 6.07) is 11.6. The van der Waals surface area contributed by atoms with Crippen molar-refractivity contribution in [3.8, 4) is 5.75 Å². The Balaban J connectivity index is 1.30. The van der Waals surface area contributed by atoms with Gasteiger partial charge >= 0.3 is 0 Å². The highest BCUT2D eigenvalue weighted by Crippen LogP contribution is 2.36. The molecule has 3 aromatic rings. The molecule has 2 aromatic heterocycles. The quantitative estimate of drug-likeness (QED) is 0.256. The van der Waals surface area contributed by atoms with Gasteiger partial charge in [0.15, 0.2) is 5.69 Å². The van der Waals surface area contributed by atoms with Crippen LogP contribution in [0.1, 0.15) is 46.6 Å². The summed E-state index contributed by atoms with van der Waals surface area (Å²) in [5.41, 5.74) is 6.12. The Morgan fingerprint density at radius 1 is 1.28 bits per heavy atom. The van der Waals surface area contributed by atoms with Gasteiger partial charge in [0.05, 0.1) is 16.4 Å². The minimum atomic E-state index is -0.346. The lowest BCUT2D eigenvalue weighted by atomic mass is 9.83. The van der Waals surface area contributed by atoms with Crippen LogP contribution >= 0.6 is 22.6 Å². The Kier molecular flexibility index (Phi) is 7.24. The van der Waals surface area contributed by atoms with E-state index in [2.05, 4.69) is 55.2 Å². The number of aromatic nitrogens is 3. The van der Waals surface area contributed by atoms with Gasteiger partial charge in [0.1, 0.15) is 5.75 Å². The second-order valence-corrected chi connectivity index (χ2v) is 10.6. The van der Waals surface area contributed by atoms with Crippen LogP contribution in [0, 0.1) is 9.49 Å². The highest BCUT2D eigenvalue weighted by molar-refractivity contribution is 14.1. The van der Waals surface area contributed by atoms with Crippen LogP contribution in [0.2, 0.25) is 0 Å². The van der Waals surface area contributed by atoms with E-state index in [1.165, 1.54) is 0 Å². The Labute approximate surface area is 223 Å². The molecule has 0 radical (unpaired) electrons. The maximum absolute atomic E-state index is 12.4. The van der Waals surface area contributed by atoms with Gasteiger partial charge < -0.3 is 9.30 Å². The highest BCUT2D eigenvalue weighted by Gasteiger charge is 2.34. The number of rotatable bonds is 7. The third-order valence-corrected chi connectivity index (χ3v) is 7.50. The van der Waals surface area contributed by atoms with Gasteiger partial charge in [0.25, 0.3) is 11.5 Å². The van der Waals surface area contributed by atoms with Gasteiger partial charge in [-0.15, -0.1) is 0 Å². The molecule has 4 heterocycles. The summed E-state index contributed by atoms with van der Waals surface area (Å²) in [5, 5.41) is 8.32. The molecule has 5 rings (SSSR count). The summed E-state index contributed by atoms with van der Waals surface area (Å²) < 4.78 is 10.2. The molecule has 2 aliphatic heterocycles. The predicted molar refractivity (Wildman–Crippen MR) is 145 cm³/mol. The normalized spacial score (nSPS) is 19.3. The van der Waals surface area contributed by atoms with Gasteiger partial charge in [-0.3, -0.25) is 19.2 Å². The Bertz CT molecular complexity index is 1360. The fourth-order valence-corrected chi connectivity index (χ4v) is 6.05. The van der Waals surface area contributed by atoms with Crippen molar-refractivity contribution >= 4 is 34.7 Å². The van der Waals surface area contributed by atoms with Crippen molar-refractivity contribution in [1.29, 1.82) is 0 Å². The molecule has 2 unspecified atom stereocenters. The van der Waals surface area contributed by atoms with E-state index in [0.29, 0.717) is 24.1 Å². The molecule has 0 aliphatic carbocycles. The van der Waals surface area contributed by atoms with Crippen molar-refractivity contribution in [2.45, 2.75) is 32.4 Å². The van der Waals surface area contributed by atoms with Crippen LogP contribution in [0.25, 0.3) is 0 Å². The number of nitrogens with one attached hydrogen (secondary N) is 1. The number of likely N-dealkylation sites (tertiary alicyclic amines) is 1. The number of nitrogens with zero attached hydrogens (tertiary/aromatic N) is 5. The monoisotopic (exact) mass is 600 g/mol. The van der Waals surface area contributed by atoms with E-state index in [4.69, 9.17) is 4.74 Å². The van der Waals surface area contributed by atoms with E-state index in [-0.39, 0.29) is 11.5 Å². The molecule has 2 aliphatic rings. The van der Waals surface area contributed by atoms with E-state index in [1.807, 2.05) is 29.7 Å². The number of amides is 1. The van der Waals surface area contributed by atoms with E-state index >= 15 is 0 Å². The van der Waals surface area contributed by atoms with Crippen molar-refractivity contribution in [2.75, 3.05) is 19.7 Å². The van der Waals surface area contributed by atoms with Crippen molar-refractivity contribution < 1.29 is 9.53 Å². The van der Waals surface area contributed by atoms with Gasteiger partial charge in [-0.05, 0) is 71.7 Å². The average molecular weight is 600 g/mol. The largest absolute Gasteiger partial charge is 0.494 e. The number of hydrazone groups is 1. The van der Waals surface area contributed by atoms with Crippen LogP contribution in [0.3, 0.4) is 0 Å². The minimum absolute atomic E-state index is 0.103. The van der Waals surface area contributed by atoms with Gasteiger partial charge in [0, 0.05) is 62.7 Å². The number of carbonyl (C=O) groups excluding carboxylic acids is 1. The van der Waals surface area contributed by atoms with Crippen LogP contribution in [-0.4, -0.2) is 51.1 Å². The standard InChI is InChI=1S/C26H29IN6O3/c1-3-36-23-8-7-17(11-28-29-26(35)25-21(27)16-31(2)30-25)9-20(23)15-32-12-18-10-19(14-32)22-5-4-6-24(34)33(22)13-18/h4-9,11,16,18-19H,3,10,12-15H2,1-2H3,(H,29,35). The van der Waals surface area contributed by atoms with Crippen LogP contribution in [-0.2, 0) is 20.1 Å². The summed E-state index contributed by atoms with van der Waals surface area (Å²) in [6.45, 7) is 5.94. The molecular weight excluding hydrogens is 571 g/mol. The molecule has 2 bridgehead atoms. The molecule has 1 fully saturated rings. The van der Waals surface area contributed by atoms with E-state index in [0.717, 1.165) is 58.7 Å². The first kappa shape index (κ1) is 24.7. The number of hydrogen-bond donors (Lipinski definition) is 1. The van der Waals surface area contributed by atoms with Crippen LogP contribution in [0.15, 0.2) is 52.5 Å². The van der Waals surface area contributed by atoms with Crippen LogP contribution in [0.4, 0.5) is 0 Å². The number of halogens is 1. The molecule has 1 aromatic carbocycles. The minimum Gasteiger partial charge on any atom is -0.494 e. The number of piperidine rings is 1. The van der Waals surface area contributed by atoms with E-state index < -0.39 is 0 Å². The molecular formula is C26H29IN6O3. The van der Waals surface area contributed by atoms with E-state index in [1.54, 1.807) is 30.2 Å². The topological polar surface area (TPSA) is 93.8 Å². The highest BCUT2D eigenvalue weighted by atomic mass is 127. The SMILES string of the molecule is CCOc1ccc(C=NNC(=O)c2nn(C)cc2I)cc1CN1CC2CC(C1)c1cccc(=O)n1C2. The molecule has 2 atom stereocenters. The zero-order valence-corrected chi connectivity index (χ0v) is 22.5. The first-order valence-electron chi connectivity index (χ1n) is 12.1. The third kappa shape index (κ3) is 5.24. The molecule has 1 amide bonds. The van der Waals surface area contributed by atoms with Crippen LogP contribution in [0.5, 0.6) is 5.75 Å². The Morgan fingerprint density at radius 3 is 2.92 bits per heavy atom. The fraction of sp³-hybridized carbons (Fsp3) is 0.385. The number of ether oxygens (including phenoxy) is 1. The number of hydrogen-bond acceptors (Lipinski definition) is 6. The Morgan fingerprint density at radius 2 is 2.14 bits per heavy atom. The predicted octanol–water partition coefficient (Wildman–Crippen LogP) is 2.97. The molecule has 0 spiro atoms. The van der Waals surface area contributed by atoms with Crippen LogP contribution < -0.4 is 15.7 Å². The third-order valence-electron chi connectivity index (χ3n) is 6.71. The number of fused-ring (bicyclic) bond motifs is 4. The number of benzene rings is 1. The molecule has 0 saturated carbocycles. The van der Waals surface area contributed by atoms with Crippen molar-refractivity contribution in [1.82, 2.24) is 24.7 Å². The fourth-order valence-electron chi connectivity index (χ4n) is 5.30. The number of carbonyl (C=O) groups is 1.